The zero-order valence-electron chi connectivity index (χ0n) is 15.6. The number of halogens is 2. The Kier molecular flexibility index (Phi) is 6.07. The molecule has 1 saturated heterocycles. The molecule has 0 aliphatic carbocycles. The highest BCUT2D eigenvalue weighted by Gasteiger charge is 2.37. The number of aliphatic hydroxyl groups is 1. The molecule has 0 unspecified atom stereocenters. The van der Waals surface area contributed by atoms with E-state index >= 15 is 0 Å². The average molecular weight is 520 g/mol. The number of aliphatic hydroxyl groups excluding tert-OH is 1. The number of rotatable bonds is 4. The highest BCUT2D eigenvalue weighted by molar-refractivity contribution is 14.1. The molecule has 1 fully saturated rings. The molecule has 2 aromatic heterocycles. The predicted molar refractivity (Wildman–Crippen MR) is 114 cm³/mol. The Morgan fingerprint density at radius 1 is 1.43 bits per heavy atom. The summed E-state index contributed by atoms with van der Waals surface area (Å²) in [4.78, 5) is 8.96. The number of nitrogens with one attached hydrogen (secondary N) is 1. The maximum absolute atomic E-state index is 10.1. The second-order valence-electron chi connectivity index (χ2n) is 7.09. The molecule has 2 aliphatic rings. The summed E-state index contributed by atoms with van der Waals surface area (Å²) in [7, 11) is 1.72. The standard InChI is InChI=1S/C18H23ClIN5O3/c1-27-18(20)5-2-3-6-25-16(18)11(8-22-25)15-12(19)9-21-17(24-15)23-13-4-7-28-10-14(13)26/h8-9,13-14,26H,2-7,10H2,1H3,(H,21,23,24)/t13-,14-,18-/m1/s1. The van der Waals surface area contributed by atoms with Gasteiger partial charge in [0.15, 0.2) is 3.61 Å². The number of aromatic nitrogens is 4. The largest absolute Gasteiger partial charge is 0.389 e. The number of hydrogen-bond donors (Lipinski definition) is 2. The molecule has 4 heterocycles. The third-order valence-corrected chi connectivity index (χ3v) is 7.04. The number of nitrogens with zero attached hydrogens (tertiary/aromatic N) is 4. The van der Waals surface area contributed by atoms with Crippen molar-refractivity contribution in [2.24, 2.45) is 0 Å². The van der Waals surface area contributed by atoms with E-state index in [9.17, 15) is 5.11 Å². The molecule has 0 amide bonds. The molecular weight excluding hydrogens is 497 g/mol. The number of anilines is 1. The van der Waals surface area contributed by atoms with E-state index < -0.39 is 9.71 Å². The van der Waals surface area contributed by atoms with Crippen LogP contribution in [0.25, 0.3) is 11.3 Å². The first kappa shape index (κ1) is 20.3. The molecule has 2 N–H and O–H groups in total. The Hall–Kier alpha value is -1.01. The van der Waals surface area contributed by atoms with Gasteiger partial charge in [0.05, 0.1) is 47.6 Å². The molecule has 8 nitrogen and oxygen atoms in total. The van der Waals surface area contributed by atoms with Crippen LogP contribution in [0.15, 0.2) is 12.4 Å². The smallest absolute Gasteiger partial charge is 0.223 e. The van der Waals surface area contributed by atoms with Crippen LogP contribution in [0.4, 0.5) is 5.95 Å². The number of methoxy groups -OCH3 is 1. The highest BCUT2D eigenvalue weighted by atomic mass is 127. The fourth-order valence-corrected chi connectivity index (χ4v) is 4.88. The Morgan fingerprint density at radius 2 is 2.29 bits per heavy atom. The second kappa shape index (κ2) is 8.39. The van der Waals surface area contributed by atoms with Crippen LogP contribution in [0, 0.1) is 0 Å². The van der Waals surface area contributed by atoms with Gasteiger partial charge >= 0.3 is 0 Å². The lowest BCUT2D eigenvalue weighted by molar-refractivity contribution is -0.0136. The summed E-state index contributed by atoms with van der Waals surface area (Å²) in [6, 6.07) is -0.158. The maximum Gasteiger partial charge on any atom is 0.223 e. The zero-order chi connectivity index (χ0) is 19.7. The Bertz CT molecular complexity index is 851. The lowest BCUT2D eigenvalue weighted by atomic mass is 10.0. The van der Waals surface area contributed by atoms with Crippen molar-refractivity contribution in [1.29, 1.82) is 0 Å². The van der Waals surface area contributed by atoms with Gasteiger partial charge in [0.25, 0.3) is 0 Å². The van der Waals surface area contributed by atoms with Gasteiger partial charge in [-0.05, 0) is 48.3 Å². The minimum atomic E-state index is -0.598. The molecule has 10 heteroatoms. The van der Waals surface area contributed by atoms with Gasteiger partial charge in [0.2, 0.25) is 5.95 Å². The highest BCUT2D eigenvalue weighted by Crippen LogP contribution is 2.45. The van der Waals surface area contributed by atoms with Crippen molar-refractivity contribution >= 4 is 40.1 Å². The average Bonchev–Trinajstić information content (AvgIpc) is 3.05. The predicted octanol–water partition coefficient (Wildman–Crippen LogP) is 2.97. The van der Waals surface area contributed by atoms with E-state index in [0.717, 1.165) is 37.1 Å². The third-order valence-electron chi connectivity index (χ3n) is 5.27. The van der Waals surface area contributed by atoms with Gasteiger partial charge in [0.1, 0.15) is 0 Å². The summed E-state index contributed by atoms with van der Waals surface area (Å²) in [5, 5.41) is 18.4. The van der Waals surface area contributed by atoms with Crippen LogP contribution < -0.4 is 5.32 Å². The zero-order valence-corrected chi connectivity index (χ0v) is 18.5. The normalized spacial score (nSPS) is 27.9. The van der Waals surface area contributed by atoms with Crippen LogP contribution in [-0.4, -0.2) is 57.3 Å². The van der Waals surface area contributed by atoms with Gasteiger partial charge in [-0.1, -0.05) is 11.6 Å². The maximum atomic E-state index is 10.1. The third kappa shape index (κ3) is 3.87. The summed E-state index contributed by atoms with van der Waals surface area (Å²) < 4.78 is 12.7. The van der Waals surface area contributed by atoms with Crippen LogP contribution >= 0.6 is 34.2 Å². The van der Waals surface area contributed by atoms with Gasteiger partial charge < -0.3 is 19.9 Å². The Morgan fingerprint density at radius 3 is 3.07 bits per heavy atom. The second-order valence-corrected chi connectivity index (χ2v) is 9.24. The first-order chi connectivity index (χ1) is 13.5. The van der Waals surface area contributed by atoms with Gasteiger partial charge in [-0.3, -0.25) is 4.68 Å². The van der Waals surface area contributed by atoms with Crippen LogP contribution in [0.2, 0.25) is 5.02 Å². The van der Waals surface area contributed by atoms with Gasteiger partial charge in [-0.15, -0.1) is 0 Å². The summed E-state index contributed by atoms with van der Waals surface area (Å²) in [6.45, 7) is 1.74. The number of ether oxygens (including phenoxy) is 2. The Labute approximate surface area is 182 Å². The molecule has 152 valence electrons. The fraction of sp³-hybridized carbons (Fsp3) is 0.611. The van der Waals surface area contributed by atoms with Crippen molar-refractivity contribution in [2.75, 3.05) is 25.6 Å². The van der Waals surface area contributed by atoms with E-state index in [4.69, 9.17) is 21.1 Å². The number of alkyl halides is 1. The van der Waals surface area contributed by atoms with E-state index in [1.165, 1.54) is 0 Å². The molecule has 3 atom stereocenters. The van der Waals surface area contributed by atoms with Crippen molar-refractivity contribution in [1.82, 2.24) is 19.7 Å². The molecule has 2 aliphatic heterocycles. The number of aryl methyl sites for hydroxylation is 1. The lowest BCUT2D eigenvalue weighted by Crippen LogP contribution is -2.42. The van der Waals surface area contributed by atoms with Gasteiger partial charge in [-0.25, -0.2) is 9.97 Å². The Balaban J connectivity index is 1.71. The summed E-state index contributed by atoms with van der Waals surface area (Å²) >= 11 is 8.83. The van der Waals surface area contributed by atoms with Crippen molar-refractivity contribution < 1.29 is 14.6 Å². The van der Waals surface area contributed by atoms with Crippen molar-refractivity contribution in [3.05, 3.63) is 23.1 Å². The number of hydrogen-bond acceptors (Lipinski definition) is 7. The molecule has 0 aromatic carbocycles. The first-order valence-electron chi connectivity index (χ1n) is 9.37. The number of fused-ring (bicyclic) bond motifs is 1. The van der Waals surface area contributed by atoms with Crippen LogP contribution in [0.5, 0.6) is 0 Å². The molecule has 2 aromatic rings. The minimum Gasteiger partial charge on any atom is -0.389 e. The minimum absolute atomic E-state index is 0.158. The monoisotopic (exact) mass is 519 g/mol. The summed E-state index contributed by atoms with van der Waals surface area (Å²) in [6.07, 6.45) is 6.48. The van der Waals surface area contributed by atoms with Crippen molar-refractivity contribution in [3.63, 3.8) is 0 Å². The van der Waals surface area contributed by atoms with E-state index in [2.05, 4.69) is 43.0 Å². The van der Waals surface area contributed by atoms with E-state index in [0.29, 0.717) is 36.3 Å². The van der Waals surface area contributed by atoms with Gasteiger partial charge in [0, 0.05) is 25.8 Å². The molecule has 0 bridgehead atoms. The topological polar surface area (TPSA) is 94.3 Å². The molecule has 0 radical (unpaired) electrons. The van der Waals surface area contributed by atoms with E-state index in [1.54, 1.807) is 19.5 Å². The SMILES string of the molecule is CO[C@]1(I)CCCCn2ncc(-c3nc(N[C@@H]4CCOC[C@H]4O)ncc3Cl)c21. The van der Waals surface area contributed by atoms with Crippen LogP contribution in [0.3, 0.4) is 0 Å². The fourth-order valence-electron chi connectivity index (χ4n) is 3.74. The lowest BCUT2D eigenvalue weighted by Gasteiger charge is -2.28. The first-order valence-corrected chi connectivity index (χ1v) is 10.8. The molecule has 0 saturated carbocycles. The van der Waals surface area contributed by atoms with Crippen LogP contribution in [0.1, 0.15) is 31.4 Å². The molecule has 4 rings (SSSR count). The van der Waals surface area contributed by atoms with E-state index in [-0.39, 0.29) is 6.04 Å². The molecule has 0 spiro atoms. The van der Waals surface area contributed by atoms with Crippen molar-refractivity contribution in [2.45, 2.75) is 48.0 Å². The quantitative estimate of drug-likeness (QED) is 0.474. The van der Waals surface area contributed by atoms with Gasteiger partial charge in [-0.2, -0.15) is 5.10 Å². The van der Waals surface area contributed by atoms with E-state index in [1.807, 2.05) is 4.68 Å². The molecule has 28 heavy (non-hydrogen) atoms. The summed E-state index contributed by atoms with van der Waals surface area (Å²) in [5.41, 5.74) is 2.44. The van der Waals surface area contributed by atoms with Crippen LogP contribution in [-0.2, 0) is 19.6 Å². The van der Waals surface area contributed by atoms with Crippen molar-refractivity contribution in [3.8, 4) is 11.3 Å². The summed E-state index contributed by atoms with van der Waals surface area (Å²) in [5.74, 6) is 0.426. The molecular formula is C18H23ClIN5O3.